The molecule has 0 unspecified atom stereocenters. The SMILES string of the molecule is CC1(CNC(=O)c2ccc(N)cc2Cl)CC1.Cl. The Labute approximate surface area is 112 Å². The fraction of sp³-hybridized carbons (Fsp3) is 0.417. The number of rotatable bonds is 3. The predicted molar refractivity (Wildman–Crippen MR) is 72.8 cm³/mol. The van der Waals surface area contributed by atoms with Gasteiger partial charge in [-0.1, -0.05) is 18.5 Å². The molecule has 3 N–H and O–H groups in total. The third-order valence-electron chi connectivity index (χ3n) is 3.02. The molecular formula is C12H16Cl2N2O. The zero-order valence-electron chi connectivity index (χ0n) is 9.63. The Balaban J connectivity index is 0.00000144. The van der Waals surface area contributed by atoms with Crippen molar-refractivity contribution in [2.75, 3.05) is 12.3 Å². The van der Waals surface area contributed by atoms with Gasteiger partial charge in [-0.2, -0.15) is 0 Å². The number of amides is 1. The van der Waals surface area contributed by atoms with E-state index in [9.17, 15) is 4.79 Å². The lowest BCUT2D eigenvalue weighted by molar-refractivity contribution is 0.0946. The van der Waals surface area contributed by atoms with Crippen LogP contribution in [0.25, 0.3) is 0 Å². The number of benzene rings is 1. The topological polar surface area (TPSA) is 55.1 Å². The maximum Gasteiger partial charge on any atom is 0.252 e. The highest BCUT2D eigenvalue weighted by Crippen LogP contribution is 2.44. The van der Waals surface area contributed by atoms with E-state index in [-0.39, 0.29) is 18.3 Å². The molecule has 1 aromatic carbocycles. The van der Waals surface area contributed by atoms with Crippen LogP contribution in [0.5, 0.6) is 0 Å². The minimum absolute atomic E-state index is 0. The Morgan fingerprint density at radius 2 is 2.18 bits per heavy atom. The lowest BCUT2D eigenvalue weighted by Crippen LogP contribution is -2.29. The molecule has 0 radical (unpaired) electrons. The summed E-state index contributed by atoms with van der Waals surface area (Å²) in [5.41, 5.74) is 6.92. The lowest BCUT2D eigenvalue weighted by atomic mass is 10.1. The van der Waals surface area contributed by atoms with Gasteiger partial charge in [-0.05, 0) is 36.5 Å². The predicted octanol–water partition coefficient (Wildman–Crippen LogP) is 2.87. The molecule has 0 spiro atoms. The van der Waals surface area contributed by atoms with Gasteiger partial charge in [-0.25, -0.2) is 0 Å². The maximum atomic E-state index is 11.8. The minimum Gasteiger partial charge on any atom is -0.399 e. The number of nitrogen functional groups attached to an aromatic ring is 1. The van der Waals surface area contributed by atoms with Crippen LogP contribution in [0.15, 0.2) is 18.2 Å². The number of hydrogen-bond donors (Lipinski definition) is 2. The van der Waals surface area contributed by atoms with E-state index in [0.29, 0.717) is 28.2 Å². The number of carbonyl (C=O) groups excluding carboxylic acids is 1. The lowest BCUT2D eigenvalue weighted by Gasteiger charge is -2.11. The highest BCUT2D eigenvalue weighted by Gasteiger charge is 2.37. The van der Waals surface area contributed by atoms with Crippen molar-refractivity contribution in [3.05, 3.63) is 28.8 Å². The van der Waals surface area contributed by atoms with Crippen molar-refractivity contribution in [3.8, 4) is 0 Å². The largest absolute Gasteiger partial charge is 0.399 e. The summed E-state index contributed by atoms with van der Waals surface area (Å²) < 4.78 is 0. The molecule has 0 heterocycles. The van der Waals surface area contributed by atoms with Crippen LogP contribution in [-0.2, 0) is 0 Å². The standard InChI is InChI=1S/C12H15ClN2O.ClH/c1-12(4-5-12)7-15-11(16)9-3-2-8(14)6-10(9)13;/h2-3,6H,4-5,7,14H2,1H3,(H,15,16);1H. The van der Waals surface area contributed by atoms with Crippen molar-refractivity contribution in [1.82, 2.24) is 5.32 Å². The van der Waals surface area contributed by atoms with Gasteiger partial charge in [0.1, 0.15) is 0 Å². The second-order valence-electron chi connectivity index (χ2n) is 4.73. The normalized spacial score (nSPS) is 15.9. The van der Waals surface area contributed by atoms with E-state index >= 15 is 0 Å². The van der Waals surface area contributed by atoms with E-state index in [2.05, 4.69) is 12.2 Å². The zero-order chi connectivity index (χ0) is 11.8. The van der Waals surface area contributed by atoms with Gasteiger partial charge in [0.05, 0.1) is 10.6 Å². The highest BCUT2D eigenvalue weighted by molar-refractivity contribution is 6.34. The van der Waals surface area contributed by atoms with Crippen LogP contribution in [0.3, 0.4) is 0 Å². The van der Waals surface area contributed by atoms with Crippen molar-refractivity contribution >= 4 is 35.6 Å². The third kappa shape index (κ3) is 3.51. The third-order valence-corrected chi connectivity index (χ3v) is 3.33. The molecule has 1 amide bonds. The second-order valence-corrected chi connectivity index (χ2v) is 5.14. The Hall–Kier alpha value is -0.930. The summed E-state index contributed by atoms with van der Waals surface area (Å²) in [7, 11) is 0. The van der Waals surface area contributed by atoms with Crippen LogP contribution < -0.4 is 11.1 Å². The monoisotopic (exact) mass is 274 g/mol. The summed E-state index contributed by atoms with van der Waals surface area (Å²) in [5.74, 6) is -0.127. The molecule has 0 saturated heterocycles. The van der Waals surface area contributed by atoms with Crippen LogP contribution in [0.1, 0.15) is 30.1 Å². The minimum atomic E-state index is -0.127. The fourth-order valence-electron chi connectivity index (χ4n) is 1.49. The van der Waals surface area contributed by atoms with Crippen molar-refractivity contribution in [2.45, 2.75) is 19.8 Å². The Bertz CT molecular complexity index is 431. The van der Waals surface area contributed by atoms with E-state index in [1.807, 2.05) is 0 Å². The molecule has 0 aromatic heterocycles. The highest BCUT2D eigenvalue weighted by atomic mass is 35.5. The fourth-order valence-corrected chi connectivity index (χ4v) is 1.77. The number of nitrogens with two attached hydrogens (primary N) is 1. The summed E-state index contributed by atoms with van der Waals surface area (Å²) >= 11 is 5.95. The van der Waals surface area contributed by atoms with Crippen molar-refractivity contribution < 1.29 is 4.79 Å². The van der Waals surface area contributed by atoms with E-state index in [4.69, 9.17) is 17.3 Å². The summed E-state index contributed by atoms with van der Waals surface area (Å²) in [6, 6.07) is 4.93. The molecule has 3 nitrogen and oxygen atoms in total. The molecule has 1 aliphatic carbocycles. The first-order chi connectivity index (χ1) is 7.50. The molecular weight excluding hydrogens is 259 g/mol. The van der Waals surface area contributed by atoms with Gasteiger partial charge in [0.15, 0.2) is 0 Å². The van der Waals surface area contributed by atoms with E-state index in [0.717, 1.165) is 0 Å². The van der Waals surface area contributed by atoms with E-state index in [1.165, 1.54) is 12.8 Å². The number of anilines is 1. The molecule has 5 heteroatoms. The van der Waals surface area contributed by atoms with Crippen LogP contribution >= 0.6 is 24.0 Å². The second kappa shape index (κ2) is 5.15. The molecule has 0 bridgehead atoms. The Morgan fingerprint density at radius 3 is 2.71 bits per heavy atom. The van der Waals surface area contributed by atoms with Gasteiger partial charge in [0.2, 0.25) is 0 Å². The van der Waals surface area contributed by atoms with Crippen LogP contribution in [0.2, 0.25) is 5.02 Å². The summed E-state index contributed by atoms with van der Waals surface area (Å²) in [5, 5.41) is 3.30. The van der Waals surface area contributed by atoms with Gasteiger partial charge in [-0.15, -0.1) is 12.4 Å². The van der Waals surface area contributed by atoms with Gasteiger partial charge < -0.3 is 11.1 Å². The first-order valence-corrected chi connectivity index (χ1v) is 5.71. The maximum absolute atomic E-state index is 11.8. The summed E-state index contributed by atoms with van der Waals surface area (Å²) in [6.07, 6.45) is 2.37. The summed E-state index contributed by atoms with van der Waals surface area (Å²) in [6.45, 7) is 2.88. The Kier molecular flexibility index (Phi) is 4.28. The van der Waals surface area contributed by atoms with Crippen molar-refractivity contribution in [1.29, 1.82) is 0 Å². The van der Waals surface area contributed by atoms with E-state index in [1.54, 1.807) is 18.2 Å². The number of hydrogen-bond acceptors (Lipinski definition) is 2. The first-order valence-electron chi connectivity index (χ1n) is 5.33. The van der Waals surface area contributed by atoms with Crippen molar-refractivity contribution in [2.24, 2.45) is 5.41 Å². The smallest absolute Gasteiger partial charge is 0.252 e. The van der Waals surface area contributed by atoms with Crippen LogP contribution in [0, 0.1) is 5.41 Å². The molecule has 17 heavy (non-hydrogen) atoms. The first kappa shape index (κ1) is 14.1. The number of nitrogens with one attached hydrogen (secondary N) is 1. The Morgan fingerprint density at radius 1 is 1.53 bits per heavy atom. The molecule has 1 saturated carbocycles. The number of carbonyl (C=O) groups is 1. The molecule has 94 valence electrons. The molecule has 1 aliphatic rings. The summed E-state index contributed by atoms with van der Waals surface area (Å²) in [4.78, 5) is 11.8. The molecule has 1 aromatic rings. The molecule has 2 rings (SSSR count). The van der Waals surface area contributed by atoms with Gasteiger partial charge >= 0.3 is 0 Å². The van der Waals surface area contributed by atoms with Crippen molar-refractivity contribution in [3.63, 3.8) is 0 Å². The average molecular weight is 275 g/mol. The van der Waals surface area contributed by atoms with Crippen LogP contribution in [0.4, 0.5) is 5.69 Å². The quantitative estimate of drug-likeness (QED) is 0.833. The van der Waals surface area contributed by atoms with Crippen LogP contribution in [-0.4, -0.2) is 12.5 Å². The average Bonchev–Trinajstić information content (AvgIpc) is 2.94. The number of halogens is 2. The molecule has 0 atom stereocenters. The van der Waals surface area contributed by atoms with Gasteiger partial charge in [-0.3, -0.25) is 4.79 Å². The zero-order valence-corrected chi connectivity index (χ0v) is 11.2. The van der Waals surface area contributed by atoms with Gasteiger partial charge in [0.25, 0.3) is 5.91 Å². The molecule has 0 aliphatic heterocycles. The molecule has 1 fully saturated rings. The van der Waals surface area contributed by atoms with E-state index < -0.39 is 0 Å². The van der Waals surface area contributed by atoms with Gasteiger partial charge in [0, 0.05) is 12.2 Å².